The molecule has 1 aromatic carbocycles. The molecule has 98 valence electrons. The minimum absolute atomic E-state index is 0.199. The molecular weight excluding hydrogens is 233 g/mol. The molecule has 0 aliphatic rings. The molecule has 0 aliphatic heterocycles. The predicted molar refractivity (Wildman–Crippen MR) is 70.9 cm³/mol. The van der Waals surface area contributed by atoms with Gasteiger partial charge in [0.1, 0.15) is 5.75 Å². The highest BCUT2D eigenvalue weighted by Crippen LogP contribution is 2.18. The number of rotatable bonds is 3. The van der Waals surface area contributed by atoms with Crippen LogP contribution in [0.3, 0.4) is 0 Å². The lowest BCUT2D eigenvalue weighted by molar-refractivity contribution is -0.123. The van der Waals surface area contributed by atoms with Crippen LogP contribution in [0, 0.1) is 5.41 Å². The number of hydrogen-bond acceptors (Lipinski definition) is 4. The molecule has 18 heavy (non-hydrogen) atoms. The number of nitrogens with one attached hydrogen (secondary N) is 1. The van der Waals surface area contributed by atoms with Crippen LogP contribution in [0.25, 0.3) is 0 Å². The molecule has 0 aromatic heterocycles. The first-order valence-electron chi connectivity index (χ1n) is 5.61. The van der Waals surface area contributed by atoms with E-state index in [-0.39, 0.29) is 11.4 Å². The van der Waals surface area contributed by atoms with Crippen LogP contribution >= 0.6 is 0 Å². The summed E-state index contributed by atoms with van der Waals surface area (Å²) in [5, 5.41) is 21.2. The minimum Gasteiger partial charge on any atom is -0.497 e. The number of methoxy groups -OCH3 is 1. The van der Waals surface area contributed by atoms with E-state index in [9.17, 15) is 14.8 Å². The molecule has 0 bridgehead atoms. The number of hydrogen-bond donors (Lipinski definition) is 3. The quantitative estimate of drug-likeness (QED) is 0.678. The van der Waals surface area contributed by atoms with Crippen molar-refractivity contribution in [1.29, 1.82) is 0 Å². The number of benzene rings is 1. The van der Waals surface area contributed by atoms with Gasteiger partial charge in [0.15, 0.2) is 0 Å². The van der Waals surface area contributed by atoms with Crippen molar-refractivity contribution in [2.75, 3.05) is 12.4 Å². The van der Waals surface area contributed by atoms with Crippen LogP contribution < -0.4 is 15.5 Å². The third-order valence-electron chi connectivity index (χ3n) is 2.47. The Hall–Kier alpha value is -1.53. The normalized spacial score (nSPS) is 11.0. The molecule has 5 nitrogen and oxygen atoms in total. The molecule has 0 radical (unpaired) electrons. The van der Waals surface area contributed by atoms with Crippen LogP contribution in [0.15, 0.2) is 18.2 Å². The maximum absolute atomic E-state index is 11.9. The highest BCUT2D eigenvalue weighted by molar-refractivity contribution is 6.60. The van der Waals surface area contributed by atoms with Gasteiger partial charge in [-0.15, -0.1) is 0 Å². The largest absolute Gasteiger partial charge is 0.497 e. The van der Waals surface area contributed by atoms with Gasteiger partial charge in [0.05, 0.1) is 7.11 Å². The van der Waals surface area contributed by atoms with E-state index in [0.29, 0.717) is 11.4 Å². The second-order valence-corrected chi connectivity index (χ2v) is 5.03. The Morgan fingerprint density at radius 1 is 1.33 bits per heavy atom. The third-order valence-corrected chi connectivity index (χ3v) is 2.47. The number of amides is 1. The summed E-state index contributed by atoms with van der Waals surface area (Å²) in [6.07, 6.45) is 0. The van der Waals surface area contributed by atoms with E-state index in [0.717, 1.165) is 0 Å². The second kappa shape index (κ2) is 5.41. The Kier molecular flexibility index (Phi) is 4.37. The summed E-state index contributed by atoms with van der Waals surface area (Å²) in [6.45, 7) is 5.34. The van der Waals surface area contributed by atoms with E-state index >= 15 is 0 Å². The van der Waals surface area contributed by atoms with Gasteiger partial charge >= 0.3 is 7.12 Å². The Bertz CT molecular complexity index is 440. The fraction of sp³-hybridized carbons (Fsp3) is 0.417. The van der Waals surface area contributed by atoms with Gasteiger partial charge in [0, 0.05) is 16.6 Å². The fourth-order valence-corrected chi connectivity index (χ4v) is 1.31. The van der Waals surface area contributed by atoms with Gasteiger partial charge in [-0.25, -0.2) is 0 Å². The van der Waals surface area contributed by atoms with Gasteiger partial charge in [-0.2, -0.15) is 0 Å². The molecule has 1 amide bonds. The van der Waals surface area contributed by atoms with Crippen LogP contribution in [0.5, 0.6) is 5.75 Å². The standard InChI is InChI=1S/C12H18BNO4/c1-12(2,3)11(15)14-10-6-5-8(18-4)7-9(10)13(16)17/h5-7,16-17H,1-4H3,(H,14,15). The van der Waals surface area contributed by atoms with Crippen LogP contribution in [0.1, 0.15) is 20.8 Å². The fourth-order valence-electron chi connectivity index (χ4n) is 1.31. The maximum atomic E-state index is 11.9. The molecule has 3 N–H and O–H groups in total. The Labute approximate surface area is 107 Å². The predicted octanol–water partition coefficient (Wildman–Crippen LogP) is 0.360. The van der Waals surface area contributed by atoms with E-state index < -0.39 is 12.5 Å². The third kappa shape index (κ3) is 3.48. The molecule has 0 fully saturated rings. The lowest BCUT2D eigenvalue weighted by atomic mass is 9.78. The first kappa shape index (κ1) is 14.5. The Morgan fingerprint density at radius 2 is 1.94 bits per heavy atom. The van der Waals surface area contributed by atoms with Crippen molar-refractivity contribution < 1.29 is 19.6 Å². The van der Waals surface area contributed by atoms with E-state index in [1.807, 2.05) is 0 Å². The van der Waals surface area contributed by atoms with Crippen molar-refractivity contribution in [2.24, 2.45) is 5.41 Å². The molecule has 0 saturated heterocycles. The summed E-state index contributed by atoms with van der Waals surface area (Å²) >= 11 is 0. The van der Waals surface area contributed by atoms with E-state index in [1.165, 1.54) is 13.2 Å². The average molecular weight is 251 g/mol. The average Bonchev–Trinajstić information content (AvgIpc) is 2.27. The molecular formula is C12H18BNO4. The topological polar surface area (TPSA) is 78.8 Å². The highest BCUT2D eigenvalue weighted by Gasteiger charge is 2.24. The van der Waals surface area contributed by atoms with Crippen LogP contribution in [-0.4, -0.2) is 30.2 Å². The molecule has 0 spiro atoms. The van der Waals surface area contributed by atoms with Crippen molar-refractivity contribution in [2.45, 2.75) is 20.8 Å². The summed E-state index contributed by atoms with van der Waals surface area (Å²) in [7, 11) is -0.189. The van der Waals surface area contributed by atoms with Gasteiger partial charge in [0.2, 0.25) is 5.91 Å². The van der Waals surface area contributed by atoms with Crippen molar-refractivity contribution in [3.05, 3.63) is 18.2 Å². The summed E-state index contributed by atoms with van der Waals surface area (Å²) in [6, 6.07) is 4.70. The van der Waals surface area contributed by atoms with Gasteiger partial charge < -0.3 is 20.1 Å². The lowest BCUT2D eigenvalue weighted by Gasteiger charge is -2.19. The molecule has 0 heterocycles. The van der Waals surface area contributed by atoms with E-state index in [2.05, 4.69) is 5.32 Å². The van der Waals surface area contributed by atoms with Gasteiger partial charge in [-0.05, 0) is 18.2 Å². The first-order valence-corrected chi connectivity index (χ1v) is 5.61. The molecule has 1 aromatic rings. The van der Waals surface area contributed by atoms with Gasteiger partial charge in [-0.3, -0.25) is 4.79 Å². The second-order valence-electron chi connectivity index (χ2n) is 5.03. The molecule has 0 unspecified atom stereocenters. The maximum Gasteiger partial charge on any atom is 0.490 e. The van der Waals surface area contributed by atoms with E-state index in [1.54, 1.807) is 32.9 Å². The summed E-state index contributed by atoms with van der Waals surface area (Å²) in [5.41, 5.74) is 0.00936. The molecule has 0 atom stereocenters. The number of carbonyl (C=O) groups is 1. The SMILES string of the molecule is COc1ccc(NC(=O)C(C)(C)C)c(B(O)O)c1. The zero-order chi connectivity index (χ0) is 13.9. The summed E-state index contributed by atoms with van der Waals surface area (Å²) in [4.78, 5) is 11.9. The number of carbonyl (C=O) groups excluding carboxylic acids is 1. The minimum atomic E-state index is -1.67. The van der Waals surface area contributed by atoms with Gasteiger partial charge in [-0.1, -0.05) is 20.8 Å². The molecule has 0 aliphatic carbocycles. The molecule has 1 rings (SSSR count). The van der Waals surface area contributed by atoms with Crippen LogP contribution in [0.4, 0.5) is 5.69 Å². The Morgan fingerprint density at radius 3 is 2.39 bits per heavy atom. The molecule has 6 heteroatoms. The zero-order valence-corrected chi connectivity index (χ0v) is 11.0. The zero-order valence-electron chi connectivity index (χ0n) is 11.0. The summed E-state index contributed by atoms with van der Waals surface area (Å²) in [5.74, 6) is 0.293. The highest BCUT2D eigenvalue weighted by atomic mass is 16.5. The number of ether oxygens (including phenoxy) is 1. The first-order chi connectivity index (χ1) is 8.25. The number of anilines is 1. The summed E-state index contributed by atoms with van der Waals surface area (Å²) < 4.78 is 5.00. The van der Waals surface area contributed by atoms with Crippen LogP contribution in [0.2, 0.25) is 0 Å². The van der Waals surface area contributed by atoms with Gasteiger partial charge in [0.25, 0.3) is 0 Å². The Balaban J connectivity index is 3.05. The van der Waals surface area contributed by atoms with Crippen molar-refractivity contribution in [3.63, 3.8) is 0 Å². The monoisotopic (exact) mass is 251 g/mol. The van der Waals surface area contributed by atoms with Crippen molar-refractivity contribution >= 4 is 24.2 Å². The van der Waals surface area contributed by atoms with Crippen molar-refractivity contribution in [1.82, 2.24) is 0 Å². The smallest absolute Gasteiger partial charge is 0.490 e. The molecule has 0 saturated carbocycles. The van der Waals surface area contributed by atoms with Crippen molar-refractivity contribution in [3.8, 4) is 5.75 Å². The lowest BCUT2D eigenvalue weighted by Crippen LogP contribution is -2.36. The van der Waals surface area contributed by atoms with E-state index in [4.69, 9.17) is 4.74 Å². The van der Waals surface area contributed by atoms with Crippen LogP contribution in [-0.2, 0) is 4.79 Å².